The molecule has 0 aliphatic carbocycles. The van der Waals surface area contributed by atoms with Crippen LogP contribution < -0.4 is 5.32 Å². The number of piperidine rings is 1. The van der Waals surface area contributed by atoms with Crippen LogP contribution >= 0.6 is 0 Å². The van der Waals surface area contributed by atoms with Crippen molar-refractivity contribution in [2.45, 2.75) is 25.3 Å². The molecule has 2 rings (SSSR count). The van der Waals surface area contributed by atoms with Crippen LogP contribution in [0.3, 0.4) is 0 Å². The van der Waals surface area contributed by atoms with Crippen LogP contribution in [0.2, 0.25) is 0 Å². The second-order valence-corrected chi connectivity index (χ2v) is 5.05. The molecule has 90 valence electrons. The molecule has 0 saturated carbocycles. The molecule has 1 fully saturated rings. The predicted molar refractivity (Wildman–Crippen MR) is 67.4 cm³/mol. The zero-order valence-corrected chi connectivity index (χ0v) is 10.4. The molecule has 1 saturated heterocycles. The molecule has 16 heavy (non-hydrogen) atoms. The van der Waals surface area contributed by atoms with Crippen molar-refractivity contribution in [2.24, 2.45) is 5.92 Å². The molecular formula is C13H23N3. The largest absolute Gasteiger partial charge is 0.367 e. The molecule has 1 aliphatic rings. The fraction of sp³-hybridized carbons (Fsp3) is 0.692. The monoisotopic (exact) mass is 221 g/mol. The van der Waals surface area contributed by atoms with E-state index in [0.29, 0.717) is 6.04 Å². The van der Waals surface area contributed by atoms with Gasteiger partial charge >= 0.3 is 0 Å². The van der Waals surface area contributed by atoms with E-state index >= 15 is 0 Å². The minimum Gasteiger partial charge on any atom is -0.367 e. The van der Waals surface area contributed by atoms with E-state index in [0.717, 1.165) is 5.92 Å². The number of hydrogen-bond donors (Lipinski definition) is 2. The van der Waals surface area contributed by atoms with E-state index in [1.165, 1.54) is 37.9 Å². The Morgan fingerprint density at radius 2 is 2.12 bits per heavy atom. The summed E-state index contributed by atoms with van der Waals surface area (Å²) in [6, 6.07) is 2.76. The first-order chi connectivity index (χ1) is 7.77. The summed E-state index contributed by atoms with van der Waals surface area (Å²) in [4.78, 5) is 5.50. The normalized spacial score (nSPS) is 20.2. The van der Waals surface area contributed by atoms with E-state index in [1.807, 2.05) is 6.20 Å². The Morgan fingerprint density at radius 3 is 2.69 bits per heavy atom. The van der Waals surface area contributed by atoms with Crippen molar-refractivity contribution >= 4 is 0 Å². The number of aromatic amines is 1. The van der Waals surface area contributed by atoms with Crippen molar-refractivity contribution < 1.29 is 0 Å². The maximum Gasteiger partial charge on any atom is 0.0359 e. The molecule has 2 N–H and O–H groups in total. The molecule has 0 spiro atoms. The summed E-state index contributed by atoms with van der Waals surface area (Å²) in [6.07, 6.45) is 8.09. The lowest BCUT2D eigenvalue weighted by Crippen LogP contribution is -2.30. The summed E-state index contributed by atoms with van der Waals surface area (Å²) in [5.41, 5.74) is 1.42. The third kappa shape index (κ3) is 2.86. The fourth-order valence-corrected chi connectivity index (χ4v) is 2.62. The zero-order valence-electron chi connectivity index (χ0n) is 10.4. The van der Waals surface area contributed by atoms with Gasteiger partial charge in [0.25, 0.3) is 0 Å². The second-order valence-electron chi connectivity index (χ2n) is 5.05. The fourth-order valence-electron chi connectivity index (χ4n) is 2.62. The Balaban J connectivity index is 1.97. The van der Waals surface area contributed by atoms with E-state index in [2.05, 4.69) is 41.6 Å². The summed E-state index contributed by atoms with van der Waals surface area (Å²) < 4.78 is 0. The molecule has 1 aliphatic heterocycles. The minimum atomic E-state index is 0.564. The highest BCUT2D eigenvalue weighted by atomic mass is 15.1. The first kappa shape index (κ1) is 11.7. The van der Waals surface area contributed by atoms with E-state index < -0.39 is 0 Å². The van der Waals surface area contributed by atoms with E-state index in [4.69, 9.17) is 0 Å². The van der Waals surface area contributed by atoms with Gasteiger partial charge in [0.05, 0.1) is 0 Å². The lowest BCUT2D eigenvalue weighted by molar-refractivity contribution is 0.223. The topological polar surface area (TPSA) is 31.1 Å². The van der Waals surface area contributed by atoms with Gasteiger partial charge in [0.2, 0.25) is 0 Å². The number of aromatic nitrogens is 1. The minimum absolute atomic E-state index is 0.564. The molecule has 0 aromatic carbocycles. The van der Waals surface area contributed by atoms with Gasteiger partial charge in [-0.3, -0.25) is 0 Å². The molecule has 1 unspecified atom stereocenters. The number of H-pyrrole nitrogens is 1. The maximum atomic E-state index is 3.43. The average Bonchev–Trinajstić information content (AvgIpc) is 2.80. The molecule has 1 aromatic rings. The Labute approximate surface area is 98.2 Å². The van der Waals surface area contributed by atoms with Crippen molar-refractivity contribution in [3.05, 3.63) is 24.0 Å². The average molecular weight is 221 g/mol. The number of nitrogens with zero attached hydrogens (tertiary/aromatic N) is 1. The molecule has 0 radical (unpaired) electrons. The molecule has 3 heteroatoms. The smallest absolute Gasteiger partial charge is 0.0359 e. The van der Waals surface area contributed by atoms with Crippen LogP contribution in [0.4, 0.5) is 0 Å². The molecule has 0 amide bonds. The molecule has 1 atom stereocenters. The first-order valence-electron chi connectivity index (χ1n) is 6.27. The van der Waals surface area contributed by atoms with E-state index in [-0.39, 0.29) is 0 Å². The van der Waals surface area contributed by atoms with Crippen molar-refractivity contribution in [1.29, 1.82) is 0 Å². The number of nitrogens with one attached hydrogen (secondary N) is 2. The highest BCUT2D eigenvalue weighted by Gasteiger charge is 2.21. The molecule has 0 bridgehead atoms. The second kappa shape index (κ2) is 5.51. The summed E-state index contributed by atoms with van der Waals surface area (Å²) >= 11 is 0. The van der Waals surface area contributed by atoms with Gasteiger partial charge in [-0.2, -0.15) is 0 Å². The number of rotatable bonds is 4. The third-order valence-electron chi connectivity index (χ3n) is 3.65. The van der Waals surface area contributed by atoms with Gasteiger partial charge in [-0.15, -0.1) is 0 Å². The van der Waals surface area contributed by atoms with Crippen LogP contribution in [0.5, 0.6) is 0 Å². The van der Waals surface area contributed by atoms with Crippen molar-refractivity contribution in [3.8, 4) is 0 Å². The Bertz CT molecular complexity index is 286. The highest BCUT2D eigenvalue weighted by Crippen LogP contribution is 2.29. The van der Waals surface area contributed by atoms with Crippen LogP contribution in [0, 0.1) is 5.92 Å². The Kier molecular flexibility index (Phi) is 4.02. The van der Waals surface area contributed by atoms with Crippen LogP contribution in [0.1, 0.15) is 30.9 Å². The van der Waals surface area contributed by atoms with Gasteiger partial charge in [0.15, 0.2) is 0 Å². The van der Waals surface area contributed by atoms with E-state index in [9.17, 15) is 0 Å². The summed E-state index contributed by atoms with van der Waals surface area (Å²) in [6.45, 7) is 2.38. The lowest BCUT2D eigenvalue weighted by atomic mass is 9.88. The summed E-state index contributed by atoms with van der Waals surface area (Å²) in [7, 11) is 4.36. The van der Waals surface area contributed by atoms with Gasteiger partial charge < -0.3 is 15.2 Å². The first-order valence-corrected chi connectivity index (χ1v) is 6.27. The van der Waals surface area contributed by atoms with Gasteiger partial charge in [0.1, 0.15) is 0 Å². The van der Waals surface area contributed by atoms with Crippen molar-refractivity contribution in [2.75, 3.05) is 27.2 Å². The van der Waals surface area contributed by atoms with Gasteiger partial charge in [-0.05, 0) is 64.0 Å². The molecule has 1 aromatic heterocycles. The highest BCUT2D eigenvalue weighted by molar-refractivity contribution is 5.14. The van der Waals surface area contributed by atoms with Crippen LogP contribution in [0.25, 0.3) is 0 Å². The number of hydrogen-bond acceptors (Lipinski definition) is 2. The zero-order chi connectivity index (χ0) is 11.4. The molecule has 3 nitrogen and oxygen atoms in total. The van der Waals surface area contributed by atoms with Crippen molar-refractivity contribution in [1.82, 2.24) is 15.2 Å². The SMILES string of the molecule is CN(C)C(CC1CCNCC1)c1cc[nH]c1. The Hall–Kier alpha value is -0.800. The molecular weight excluding hydrogens is 198 g/mol. The third-order valence-corrected chi connectivity index (χ3v) is 3.65. The van der Waals surface area contributed by atoms with Gasteiger partial charge in [-0.25, -0.2) is 0 Å². The molecule has 2 heterocycles. The maximum absolute atomic E-state index is 3.43. The van der Waals surface area contributed by atoms with Crippen molar-refractivity contribution in [3.63, 3.8) is 0 Å². The van der Waals surface area contributed by atoms with E-state index in [1.54, 1.807) is 0 Å². The van der Waals surface area contributed by atoms with Gasteiger partial charge in [0, 0.05) is 18.4 Å². The Morgan fingerprint density at radius 1 is 1.38 bits per heavy atom. The lowest BCUT2D eigenvalue weighted by Gasteiger charge is -2.30. The van der Waals surface area contributed by atoms with Crippen LogP contribution in [-0.2, 0) is 0 Å². The quantitative estimate of drug-likeness (QED) is 0.815. The predicted octanol–water partition coefficient (Wildman–Crippen LogP) is 2.01. The summed E-state index contributed by atoms with van der Waals surface area (Å²) in [5.74, 6) is 0.878. The summed E-state index contributed by atoms with van der Waals surface area (Å²) in [5, 5.41) is 3.43. The standard InChI is InChI=1S/C13H23N3/c1-16(2)13(12-5-8-15-10-12)9-11-3-6-14-7-4-11/h5,8,10-11,13-15H,3-4,6-7,9H2,1-2H3. The van der Waals surface area contributed by atoms with Gasteiger partial charge in [-0.1, -0.05) is 0 Å². The van der Waals surface area contributed by atoms with Crippen LogP contribution in [-0.4, -0.2) is 37.1 Å². The van der Waals surface area contributed by atoms with Crippen LogP contribution in [0.15, 0.2) is 18.5 Å².